The molecule has 1 rings (SSSR count). The van der Waals surface area contributed by atoms with E-state index < -0.39 is 0 Å². The molecule has 2 nitrogen and oxygen atoms in total. The second kappa shape index (κ2) is 5.81. The molecule has 0 saturated heterocycles. The van der Waals surface area contributed by atoms with E-state index in [2.05, 4.69) is 23.3 Å². The van der Waals surface area contributed by atoms with E-state index in [1.54, 1.807) is 13.1 Å². The first-order valence-electron chi connectivity index (χ1n) is 5.10. The van der Waals surface area contributed by atoms with Crippen LogP contribution < -0.4 is 0 Å². The van der Waals surface area contributed by atoms with E-state index in [0.717, 1.165) is 22.6 Å². The first-order valence-corrected chi connectivity index (χ1v) is 5.10. The van der Waals surface area contributed by atoms with E-state index in [1.807, 2.05) is 37.3 Å². The summed E-state index contributed by atoms with van der Waals surface area (Å²) in [6, 6.07) is 0. The van der Waals surface area contributed by atoms with Gasteiger partial charge in [0.2, 0.25) is 0 Å². The predicted octanol–water partition coefficient (Wildman–Crippen LogP) is 3.27. The van der Waals surface area contributed by atoms with Crippen molar-refractivity contribution >= 4 is 12.4 Å². The molecule has 0 fully saturated rings. The second-order valence-electron chi connectivity index (χ2n) is 3.23. The van der Waals surface area contributed by atoms with Crippen molar-refractivity contribution in [1.82, 2.24) is 0 Å². The van der Waals surface area contributed by atoms with Crippen molar-refractivity contribution in [3.63, 3.8) is 0 Å². The van der Waals surface area contributed by atoms with E-state index in [1.165, 1.54) is 0 Å². The summed E-state index contributed by atoms with van der Waals surface area (Å²) in [7, 11) is 1.75. The summed E-state index contributed by atoms with van der Waals surface area (Å²) in [5.74, 6) is 0. The third-order valence-corrected chi connectivity index (χ3v) is 2.24. The molecule has 2 heteroatoms. The van der Waals surface area contributed by atoms with E-state index in [4.69, 9.17) is 0 Å². The van der Waals surface area contributed by atoms with Crippen molar-refractivity contribution in [3.05, 3.63) is 59.9 Å². The van der Waals surface area contributed by atoms with Crippen molar-refractivity contribution in [3.8, 4) is 0 Å². The Morgan fingerprint density at radius 1 is 1.31 bits per heavy atom. The molecule has 82 valence electrons. The molecular weight excluding hydrogens is 196 g/mol. The van der Waals surface area contributed by atoms with Crippen LogP contribution >= 0.6 is 0 Å². The lowest BCUT2D eigenvalue weighted by Gasteiger charge is -2.14. The maximum absolute atomic E-state index is 4.26. The van der Waals surface area contributed by atoms with Gasteiger partial charge in [0, 0.05) is 18.2 Å². The van der Waals surface area contributed by atoms with E-state index in [9.17, 15) is 0 Å². The normalized spacial score (nSPS) is 21.1. The molecule has 0 saturated carbocycles. The van der Waals surface area contributed by atoms with Gasteiger partial charge in [0.25, 0.3) is 0 Å². The molecule has 0 unspecified atom stereocenters. The van der Waals surface area contributed by atoms with Gasteiger partial charge in [-0.25, -0.2) is 0 Å². The van der Waals surface area contributed by atoms with Gasteiger partial charge in [0.15, 0.2) is 0 Å². The minimum Gasteiger partial charge on any atom is -0.286 e. The molecular formula is C14H16N2. The van der Waals surface area contributed by atoms with Crippen molar-refractivity contribution < 1.29 is 0 Å². The lowest BCUT2D eigenvalue weighted by Crippen LogP contribution is -2.09. The maximum Gasteiger partial charge on any atom is 0.0952 e. The lowest BCUT2D eigenvalue weighted by molar-refractivity contribution is 1.33. The molecule has 0 heterocycles. The number of hydrogen-bond acceptors (Lipinski definition) is 2. The summed E-state index contributed by atoms with van der Waals surface area (Å²) in [4.78, 5) is 8.31. The highest BCUT2D eigenvalue weighted by atomic mass is 14.8. The van der Waals surface area contributed by atoms with Crippen LogP contribution in [0.25, 0.3) is 0 Å². The zero-order valence-electron chi connectivity index (χ0n) is 9.77. The summed E-state index contributed by atoms with van der Waals surface area (Å²) in [6.07, 6.45) is 11.6. The van der Waals surface area contributed by atoms with Gasteiger partial charge in [-0.3, -0.25) is 9.98 Å². The van der Waals surface area contributed by atoms with E-state index in [-0.39, 0.29) is 0 Å². The molecule has 0 aromatic rings. The van der Waals surface area contributed by atoms with Crippen LogP contribution in [-0.4, -0.2) is 19.5 Å². The van der Waals surface area contributed by atoms with Crippen LogP contribution in [0.2, 0.25) is 0 Å². The zero-order chi connectivity index (χ0) is 12.0. The van der Waals surface area contributed by atoms with E-state index >= 15 is 0 Å². The molecule has 0 aromatic carbocycles. The molecule has 1 aliphatic rings. The molecule has 0 radical (unpaired) electrons. The van der Waals surface area contributed by atoms with Crippen LogP contribution in [0.1, 0.15) is 6.92 Å². The Morgan fingerprint density at radius 2 is 2.06 bits per heavy atom. The molecule has 0 aromatic heterocycles. The van der Waals surface area contributed by atoms with Gasteiger partial charge in [0.1, 0.15) is 0 Å². The first kappa shape index (κ1) is 12.1. The molecule has 0 atom stereocenters. The summed E-state index contributed by atoms with van der Waals surface area (Å²) < 4.78 is 0. The summed E-state index contributed by atoms with van der Waals surface area (Å²) in [5, 5.41) is 0. The lowest BCUT2D eigenvalue weighted by atomic mass is 9.96. The van der Waals surface area contributed by atoms with Crippen molar-refractivity contribution in [2.45, 2.75) is 6.92 Å². The fourth-order valence-corrected chi connectivity index (χ4v) is 1.59. The number of aliphatic imine (C=N–C) groups is 2. The molecule has 0 aliphatic heterocycles. The van der Waals surface area contributed by atoms with Gasteiger partial charge in [0.05, 0.1) is 11.4 Å². The molecule has 1 aliphatic carbocycles. The van der Waals surface area contributed by atoms with Gasteiger partial charge in [-0.05, 0) is 13.6 Å². The topological polar surface area (TPSA) is 24.7 Å². The highest BCUT2D eigenvalue weighted by Gasteiger charge is 2.15. The molecule has 0 spiro atoms. The van der Waals surface area contributed by atoms with Crippen LogP contribution in [-0.2, 0) is 0 Å². The summed E-state index contributed by atoms with van der Waals surface area (Å²) in [6.45, 7) is 9.26. The van der Waals surface area contributed by atoms with Gasteiger partial charge in [-0.1, -0.05) is 43.0 Å². The van der Waals surface area contributed by atoms with Gasteiger partial charge in [-0.2, -0.15) is 0 Å². The Balaban J connectivity index is 3.35. The van der Waals surface area contributed by atoms with Crippen LogP contribution in [0.15, 0.2) is 69.9 Å². The smallest absolute Gasteiger partial charge is 0.0952 e. The van der Waals surface area contributed by atoms with Gasteiger partial charge in [-0.15, -0.1) is 0 Å². The number of allylic oxidation sites excluding steroid dienone is 8. The van der Waals surface area contributed by atoms with Crippen LogP contribution in [0.5, 0.6) is 0 Å². The highest BCUT2D eigenvalue weighted by molar-refractivity contribution is 6.16. The second-order valence-corrected chi connectivity index (χ2v) is 3.23. The number of rotatable bonds is 3. The Kier molecular flexibility index (Phi) is 4.40. The Hall–Kier alpha value is -1.96. The van der Waals surface area contributed by atoms with Crippen molar-refractivity contribution in [1.29, 1.82) is 0 Å². The summed E-state index contributed by atoms with van der Waals surface area (Å²) >= 11 is 0. The Morgan fingerprint density at radius 3 is 2.56 bits per heavy atom. The van der Waals surface area contributed by atoms with Crippen LogP contribution in [0.4, 0.5) is 0 Å². The average Bonchev–Trinajstić information content (AvgIpc) is 2.31. The Labute approximate surface area is 96.8 Å². The van der Waals surface area contributed by atoms with Gasteiger partial charge < -0.3 is 0 Å². The van der Waals surface area contributed by atoms with Crippen molar-refractivity contribution in [2.24, 2.45) is 9.98 Å². The maximum atomic E-state index is 4.26. The predicted molar refractivity (Wildman–Crippen MR) is 72.2 cm³/mol. The molecule has 0 N–H and O–H groups in total. The number of nitrogens with zero attached hydrogens (tertiary/aromatic N) is 2. The molecule has 0 bridgehead atoms. The molecule has 16 heavy (non-hydrogen) atoms. The largest absolute Gasteiger partial charge is 0.286 e. The van der Waals surface area contributed by atoms with E-state index in [0.29, 0.717) is 0 Å². The van der Waals surface area contributed by atoms with Crippen molar-refractivity contribution in [2.75, 3.05) is 7.05 Å². The van der Waals surface area contributed by atoms with Crippen LogP contribution in [0.3, 0.4) is 0 Å². The Bertz CT molecular complexity index is 443. The monoisotopic (exact) mass is 212 g/mol. The average molecular weight is 212 g/mol. The van der Waals surface area contributed by atoms with Crippen LogP contribution in [0, 0.1) is 0 Å². The summed E-state index contributed by atoms with van der Waals surface area (Å²) in [5.41, 5.74) is 3.70. The SMILES string of the molecule is C=C/C=C1/C=CC(/C=C\C)=C(N=C)C1=NC. The minimum absolute atomic E-state index is 0.816. The fourth-order valence-electron chi connectivity index (χ4n) is 1.59. The third kappa shape index (κ3) is 2.34. The third-order valence-electron chi connectivity index (χ3n) is 2.24. The minimum atomic E-state index is 0.816. The number of hydrogen-bond donors (Lipinski definition) is 0. The van der Waals surface area contributed by atoms with Gasteiger partial charge >= 0.3 is 0 Å². The first-order chi connectivity index (χ1) is 7.78. The standard InChI is InChI=1S/C14H16N2/c1-5-7-11-9-10-12(8-6-2)14(16-4)13(11)15-3/h5-10H,1,4H2,2-3H3/b8-6-,11-7-,15-13?. The quantitative estimate of drug-likeness (QED) is 0.641. The molecule has 0 amide bonds. The fraction of sp³-hybridized carbons (Fsp3) is 0.143. The highest BCUT2D eigenvalue weighted by Crippen LogP contribution is 2.22. The zero-order valence-corrected chi connectivity index (χ0v) is 9.77.